The highest BCUT2D eigenvalue weighted by atomic mass is 16.5. The van der Waals surface area contributed by atoms with Crippen LogP contribution < -0.4 is 0 Å². The standard InChI is InChI=1S/C15H25N3O2/c1-12-11-16-15(18(12)8-9-20-3)10-14-4-6-17(7-5-14)13(2)19/h11,14H,4-10H2,1-3H3. The molecule has 0 aliphatic carbocycles. The van der Waals surface area contributed by atoms with Gasteiger partial charge < -0.3 is 14.2 Å². The third-order valence-electron chi connectivity index (χ3n) is 4.19. The summed E-state index contributed by atoms with van der Waals surface area (Å²) in [5.41, 5.74) is 1.19. The molecule has 1 amide bonds. The second kappa shape index (κ2) is 6.88. The first-order valence-corrected chi connectivity index (χ1v) is 7.37. The Morgan fingerprint density at radius 1 is 1.45 bits per heavy atom. The number of aromatic nitrogens is 2. The van der Waals surface area contributed by atoms with Gasteiger partial charge in [0.25, 0.3) is 0 Å². The summed E-state index contributed by atoms with van der Waals surface area (Å²) in [7, 11) is 1.73. The quantitative estimate of drug-likeness (QED) is 0.823. The van der Waals surface area contributed by atoms with Gasteiger partial charge in [-0.15, -0.1) is 0 Å². The van der Waals surface area contributed by atoms with Gasteiger partial charge in [-0.05, 0) is 25.7 Å². The Hall–Kier alpha value is -1.36. The number of rotatable bonds is 5. The maximum absolute atomic E-state index is 11.3. The summed E-state index contributed by atoms with van der Waals surface area (Å²) in [6, 6.07) is 0. The normalized spacial score (nSPS) is 16.6. The molecule has 0 saturated carbocycles. The molecule has 1 saturated heterocycles. The Labute approximate surface area is 120 Å². The lowest BCUT2D eigenvalue weighted by molar-refractivity contribution is -0.130. The average Bonchev–Trinajstić information content (AvgIpc) is 2.78. The number of piperidine rings is 1. The van der Waals surface area contributed by atoms with E-state index in [1.165, 1.54) is 5.69 Å². The van der Waals surface area contributed by atoms with Crippen molar-refractivity contribution in [2.45, 2.75) is 39.7 Å². The van der Waals surface area contributed by atoms with Crippen molar-refractivity contribution in [1.29, 1.82) is 0 Å². The number of imidazole rings is 1. The van der Waals surface area contributed by atoms with Crippen LogP contribution in [-0.2, 0) is 22.5 Å². The summed E-state index contributed by atoms with van der Waals surface area (Å²) < 4.78 is 7.41. The monoisotopic (exact) mass is 279 g/mol. The molecule has 112 valence electrons. The van der Waals surface area contributed by atoms with Crippen LogP contribution in [-0.4, -0.2) is 47.2 Å². The van der Waals surface area contributed by atoms with E-state index in [4.69, 9.17) is 4.74 Å². The van der Waals surface area contributed by atoms with Gasteiger partial charge in [-0.2, -0.15) is 0 Å². The summed E-state index contributed by atoms with van der Waals surface area (Å²) in [5.74, 6) is 1.98. The highest BCUT2D eigenvalue weighted by Crippen LogP contribution is 2.21. The van der Waals surface area contributed by atoms with Crippen LogP contribution in [0.3, 0.4) is 0 Å². The Morgan fingerprint density at radius 2 is 2.15 bits per heavy atom. The molecule has 1 fully saturated rings. The molecule has 0 N–H and O–H groups in total. The fraction of sp³-hybridized carbons (Fsp3) is 0.733. The van der Waals surface area contributed by atoms with Crippen molar-refractivity contribution >= 4 is 5.91 Å². The number of ether oxygens (including phenoxy) is 1. The summed E-state index contributed by atoms with van der Waals surface area (Å²) in [4.78, 5) is 17.8. The van der Waals surface area contributed by atoms with Gasteiger partial charge in [-0.3, -0.25) is 4.79 Å². The molecule has 0 atom stereocenters. The van der Waals surface area contributed by atoms with Crippen LogP contribution in [0.15, 0.2) is 6.20 Å². The topological polar surface area (TPSA) is 47.4 Å². The van der Waals surface area contributed by atoms with E-state index in [9.17, 15) is 4.79 Å². The van der Waals surface area contributed by atoms with E-state index < -0.39 is 0 Å². The number of carbonyl (C=O) groups is 1. The summed E-state index contributed by atoms with van der Waals surface area (Å²) in [6.07, 6.45) is 5.10. The van der Waals surface area contributed by atoms with Crippen molar-refractivity contribution in [3.63, 3.8) is 0 Å². The predicted octanol–water partition coefficient (Wildman–Crippen LogP) is 1.64. The summed E-state index contributed by atoms with van der Waals surface area (Å²) in [5, 5.41) is 0. The van der Waals surface area contributed by atoms with Gasteiger partial charge in [-0.25, -0.2) is 4.98 Å². The Morgan fingerprint density at radius 3 is 2.75 bits per heavy atom. The Bertz CT molecular complexity index is 448. The first kappa shape index (κ1) is 15.0. The molecule has 1 aliphatic heterocycles. The molecule has 1 aromatic rings. The molecule has 20 heavy (non-hydrogen) atoms. The summed E-state index contributed by atoms with van der Waals surface area (Å²) in [6.45, 7) is 7.10. The molecule has 5 heteroatoms. The van der Waals surface area contributed by atoms with E-state index in [0.29, 0.717) is 12.5 Å². The second-order valence-electron chi connectivity index (χ2n) is 5.61. The highest BCUT2D eigenvalue weighted by molar-refractivity contribution is 5.73. The van der Waals surface area contributed by atoms with E-state index in [-0.39, 0.29) is 5.91 Å². The zero-order valence-electron chi connectivity index (χ0n) is 12.8. The van der Waals surface area contributed by atoms with Crippen LogP contribution in [0.5, 0.6) is 0 Å². The molecular formula is C15H25N3O2. The third-order valence-corrected chi connectivity index (χ3v) is 4.19. The van der Waals surface area contributed by atoms with Crippen LogP contribution in [0.4, 0.5) is 0 Å². The number of methoxy groups -OCH3 is 1. The zero-order valence-corrected chi connectivity index (χ0v) is 12.8. The van der Waals surface area contributed by atoms with Crippen molar-refractivity contribution in [3.05, 3.63) is 17.7 Å². The molecule has 0 radical (unpaired) electrons. The average molecular weight is 279 g/mol. The van der Waals surface area contributed by atoms with E-state index >= 15 is 0 Å². The fourth-order valence-electron chi connectivity index (χ4n) is 2.87. The minimum Gasteiger partial charge on any atom is -0.383 e. The van der Waals surface area contributed by atoms with Gasteiger partial charge >= 0.3 is 0 Å². The van der Waals surface area contributed by atoms with E-state index in [0.717, 1.165) is 44.7 Å². The molecule has 1 aromatic heterocycles. The van der Waals surface area contributed by atoms with Crippen LogP contribution in [0.25, 0.3) is 0 Å². The van der Waals surface area contributed by atoms with Gasteiger partial charge in [0, 0.05) is 52.0 Å². The molecule has 5 nitrogen and oxygen atoms in total. The lowest BCUT2D eigenvalue weighted by Gasteiger charge is -2.31. The van der Waals surface area contributed by atoms with Crippen LogP contribution >= 0.6 is 0 Å². The van der Waals surface area contributed by atoms with Gasteiger partial charge in [0.1, 0.15) is 5.82 Å². The SMILES string of the molecule is COCCn1c(C)cnc1CC1CCN(C(C)=O)CC1. The largest absolute Gasteiger partial charge is 0.383 e. The molecule has 1 aliphatic rings. The molecule has 0 bridgehead atoms. The third kappa shape index (κ3) is 3.60. The fourth-order valence-corrected chi connectivity index (χ4v) is 2.87. The second-order valence-corrected chi connectivity index (χ2v) is 5.61. The molecule has 0 aromatic carbocycles. The lowest BCUT2D eigenvalue weighted by atomic mass is 9.93. The molecular weight excluding hydrogens is 254 g/mol. The van der Waals surface area contributed by atoms with Crippen LogP contribution in [0.1, 0.15) is 31.3 Å². The van der Waals surface area contributed by atoms with Crippen molar-refractivity contribution < 1.29 is 9.53 Å². The van der Waals surface area contributed by atoms with Gasteiger partial charge in [-0.1, -0.05) is 0 Å². The molecule has 2 rings (SSSR count). The minimum atomic E-state index is 0.195. The number of likely N-dealkylation sites (tertiary alicyclic amines) is 1. The first-order chi connectivity index (χ1) is 9.61. The van der Waals surface area contributed by atoms with Crippen molar-refractivity contribution in [2.24, 2.45) is 5.92 Å². The van der Waals surface area contributed by atoms with E-state index in [1.54, 1.807) is 14.0 Å². The predicted molar refractivity (Wildman–Crippen MR) is 77.5 cm³/mol. The van der Waals surface area contributed by atoms with Gasteiger partial charge in [0.05, 0.1) is 6.61 Å². The number of carbonyl (C=O) groups excluding carboxylic acids is 1. The molecule has 0 unspecified atom stereocenters. The van der Waals surface area contributed by atoms with Gasteiger partial charge in [0.2, 0.25) is 5.91 Å². The van der Waals surface area contributed by atoms with Crippen LogP contribution in [0.2, 0.25) is 0 Å². The number of nitrogens with zero attached hydrogens (tertiary/aromatic N) is 3. The zero-order chi connectivity index (χ0) is 14.5. The number of hydrogen-bond donors (Lipinski definition) is 0. The highest BCUT2D eigenvalue weighted by Gasteiger charge is 2.22. The number of hydrogen-bond acceptors (Lipinski definition) is 3. The Kier molecular flexibility index (Phi) is 5.17. The number of aryl methyl sites for hydroxylation is 1. The molecule has 2 heterocycles. The van der Waals surface area contributed by atoms with Crippen LogP contribution in [0, 0.1) is 12.8 Å². The smallest absolute Gasteiger partial charge is 0.219 e. The summed E-state index contributed by atoms with van der Waals surface area (Å²) >= 11 is 0. The molecule has 0 spiro atoms. The first-order valence-electron chi connectivity index (χ1n) is 7.37. The van der Waals surface area contributed by atoms with Gasteiger partial charge in [0.15, 0.2) is 0 Å². The van der Waals surface area contributed by atoms with Crippen molar-refractivity contribution in [1.82, 2.24) is 14.5 Å². The Balaban J connectivity index is 1.92. The van der Waals surface area contributed by atoms with Crippen molar-refractivity contribution in [2.75, 3.05) is 26.8 Å². The maximum Gasteiger partial charge on any atom is 0.219 e. The van der Waals surface area contributed by atoms with Crippen molar-refractivity contribution in [3.8, 4) is 0 Å². The lowest BCUT2D eigenvalue weighted by Crippen LogP contribution is -2.37. The minimum absolute atomic E-state index is 0.195. The van der Waals surface area contributed by atoms with E-state index in [1.807, 2.05) is 11.1 Å². The maximum atomic E-state index is 11.3. The van der Waals surface area contributed by atoms with E-state index in [2.05, 4.69) is 16.5 Å². The number of amides is 1.